The van der Waals surface area contributed by atoms with Gasteiger partial charge in [-0.25, -0.2) is 0 Å². The van der Waals surface area contributed by atoms with Crippen LogP contribution in [0, 0.1) is 6.92 Å². The normalized spacial score (nSPS) is 12.1. The number of likely N-dealkylation sites (N-methyl/N-ethyl adjacent to an activating group) is 1. The summed E-state index contributed by atoms with van der Waals surface area (Å²) < 4.78 is 5.21. The molecule has 112 valence electrons. The first-order valence-corrected chi connectivity index (χ1v) is 7.63. The van der Waals surface area contributed by atoms with Gasteiger partial charge in [-0.3, -0.25) is 0 Å². The highest BCUT2D eigenvalue weighted by molar-refractivity contribution is 5.28. The monoisotopic (exact) mass is 283 g/mol. The Kier molecular flexibility index (Phi) is 5.82. The summed E-state index contributed by atoms with van der Waals surface area (Å²) in [7, 11) is 1.70. The summed E-state index contributed by atoms with van der Waals surface area (Å²) in [5.74, 6) is 0.914. The Balaban J connectivity index is 2.02. The third-order valence-corrected chi connectivity index (χ3v) is 3.74. The smallest absolute Gasteiger partial charge is 0.118 e. The highest BCUT2D eigenvalue weighted by atomic mass is 16.5. The number of aryl methyl sites for hydroxylation is 1. The van der Waals surface area contributed by atoms with Crippen LogP contribution in [-0.2, 0) is 12.8 Å². The molecule has 0 aromatic heterocycles. The maximum atomic E-state index is 5.21. The van der Waals surface area contributed by atoms with Crippen molar-refractivity contribution in [3.8, 4) is 5.75 Å². The molecule has 0 aliphatic carbocycles. The molecule has 0 aliphatic heterocycles. The topological polar surface area (TPSA) is 21.3 Å². The fourth-order valence-electron chi connectivity index (χ4n) is 2.56. The first-order chi connectivity index (χ1) is 10.2. The number of hydrogen-bond donors (Lipinski definition) is 1. The first-order valence-electron chi connectivity index (χ1n) is 7.63. The third-order valence-electron chi connectivity index (χ3n) is 3.74. The van der Waals surface area contributed by atoms with Crippen molar-refractivity contribution in [1.29, 1.82) is 0 Å². The molecule has 0 bridgehead atoms. The van der Waals surface area contributed by atoms with Crippen LogP contribution >= 0.6 is 0 Å². The molecule has 0 fully saturated rings. The Bertz CT molecular complexity index is 530. The van der Waals surface area contributed by atoms with Crippen LogP contribution < -0.4 is 10.1 Å². The van der Waals surface area contributed by atoms with Gasteiger partial charge in [0.2, 0.25) is 0 Å². The second kappa shape index (κ2) is 7.84. The Morgan fingerprint density at radius 1 is 0.905 bits per heavy atom. The maximum Gasteiger partial charge on any atom is 0.118 e. The SMILES string of the molecule is CCNC(Cc1ccc(C)cc1)Cc1ccc(OC)cc1. The highest BCUT2D eigenvalue weighted by Crippen LogP contribution is 2.14. The molecule has 2 heteroatoms. The second-order valence-corrected chi connectivity index (χ2v) is 5.50. The van der Waals surface area contributed by atoms with Crippen molar-refractivity contribution in [2.24, 2.45) is 0 Å². The van der Waals surface area contributed by atoms with Crippen LogP contribution in [0.1, 0.15) is 23.6 Å². The van der Waals surface area contributed by atoms with E-state index >= 15 is 0 Å². The molecule has 0 saturated heterocycles. The van der Waals surface area contributed by atoms with Gasteiger partial charge in [-0.2, -0.15) is 0 Å². The summed E-state index contributed by atoms with van der Waals surface area (Å²) in [6.45, 7) is 5.28. The molecule has 0 aliphatic rings. The zero-order chi connectivity index (χ0) is 15.1. The Labute approximate surface area is 128 Å². The van der Waals surface area contributed by atoms with E-state index in [1.165, 1.54) is 16.7 Å². The minimum absolute atomic E-state index is 0.464. The summed E-state index contributed by atoms with van der Waals surface area (Å²) in [5, 5.41) is 3.59. The van der Waals surface area contributed by atoms with Gasteiger partial charge in [-0.1, -0.05) is 48.9 Å². The molecule has 2 aromatic carbocycles. The number of ether oxygens (including phenoxy) is 1. The van der Waals surface area contributed by atoms with Crippen LogP contribution in [0.15, 0.2) is 48.5 Å². The highest BCUT2D eigenvalue weighted by Gasteiger charge is 2.09. The van der Waals surface area contributed by atoms with Gasteiger partial charge in [-0.05, 0) is 49.6 Å². The number of methoxy groups -OCH3 is 1. The van der Waals surface area contributed by atoms with Gasteiger partial charge in [0, 0.05) is 6.04 Å². The molecule has 0 amide bonds. The van der Waals surface area contributed by atoms with E-state index in [1.54, 1.807) is 7.11 Å². The molecule has 0 heterocycles. The van der Waals surface area contributed by atoms with Crippen LogP contribution in [0.25, 0.3) is 0 Å². The van der Waals surface area contributed by atoms with Gasteiger partial charge in [0.15, 0.2) is 0 Å². The number of hydrogen-bond acceptors (Lipinski definition) is 2. The fourth-order valence-corrected chi connectivity index (χ4v) is 2.56. The first kappa shape index (κ1) is 15.6. The van der Waals surface area contributed by atoms with Gasteiger partial charge in [0.1, 0.15) is 5.75 Å². The Morgan fingerprint density at radius 3 is 1.90 bits per heavy atom. The minimum Gasteiger partial charge on any atom is -0.497 e. The largest absolute Gasteiger partial charge is 0.497 e. The number of nitrogens with one attached hydrogen (secondary N) is 1. The maximum absolute atomic E-state index is 5.21. The lowest BCUT2D eigenvalue weighted by molar-refractivity contribution is 0.414. The molecular formula is C19H25NO. The van der Waals surface area contributed by atoms with Gasteiger partial charge in [0.05, 0.1) is 7.11 Å². The molecular weight excluding hydrogens is 258 g/mol. The summed E-state index contributed by atoms with van der Waals surface area (Å²) in [5.41, 5.74) is 4.04. The predicted octanol–water partition coefficient (Wildman–Crippen LogP) is 3.77. The van der Waals surface area contributed by atoms with Gasteiger partial charge in [0.25, 0.3) is 0 Å². The van der Waals surface area contributed by atoms with Crippen LogP contribution in [0.5, 0.6) is 5.75 Å². The summed E-state index contributed by atoms with van der Waals surface area (Å²) >= 11 is 0. The molecule has 21 heavy (non-hydrogen) atoms. The van der Waals surface area contributed by atoms with Crippen molar-refractivity contribution in [3.05, 3.63) is 65.2 Å². The zero-order valence-corrected chi connectivity index (χ0v) is 13.2. The third kappa shape index (κ3) is 4.91. The zero-order valence-electron chi connectivity index (χ0n) is 13.2. The van der Waals surface area contributed by atoms with Crippen molar-refractivity contribution < 1.29 is 4.74 Å². The molecule has 2 rings (SSSR count). The lowest BCUT2D eigenvalue weighted by Gasteiger charge is -2.18. The van der Waals surface area contributed by atoms with Crippen molar-refractivity contribution in [1.82, 2.24) is 5.32 Å². The van der Waals surface area contributed by atoms with Gasteiger partial charge in [-0.15, -0.1) is 0 Å². The lowest BCUT2D eigenvalue weighted by Crippen LogP contribution is -2.33. The summed E-state index contributed by atoms with van der Waals surface area (Å²) in [6, 6.07) is 17.7. The van der Waals surface area contributed by atoms with E-state index in [2.05, 4.69) is 55.6 Å². The minimum atomic E-state index is 0.464. The van der Waals surface area contributed by atoms with E-state index in [1.807, 2.05) is 12.1 Å². The Hall–Kier alpha value is -1.80. The molecule has 2 nitrogen and oxygen atoms in total. The Morgan fingerprint density at radius 2 is 1.43 bits per heavy atom. The average molecular weight is 283 g/mol. The molecule has 1 atom stereocenters. The van der Waals surface area contributed by atoms with Crippen LogP contribution in [0.3, 0.4) is 0 Å². The second-order valence-electron chi connectivity index (χ2n) is 5.50. The molecule has 1 unspecified atom stereocenters. The predicted molar refractivity (Wildman–Crippen MR) is 89.0 cm³/mol. The van der Waals surface area contributed by atoms with Crippen molar-refractivity contribution in [2.75, 3.05) is 13.7 Å². The quantitative estimate of drug-likeness (QED) is 0.835. The van der Waals surface area contributed by atoms with Crippen LogP contribution in [-0.4, -0.2) is 19.7 Å². The van der Waals surface area contributed by atoms with E-state index < -0.39 is 0 Å². The van der Waals surface area contributed by atoms with Crippen LogP contribution in [0.2, 0.25) is 0 Å². The van der Waals surface area contributed by atoms with Gasteiger partial charge >= 0.3 is 0 Å². The van der Waals surface area contributed by atoms with Crippen molar-refractivity contribution >= 4 is 0 Å². The number of benzene rings is 2. The van der Waals surface area contributed by atoms with E-state index in [0.717, 1.165) is 25.1 Å². The van der Waals surface area contributed by atoms with E-state index in [-0.39, 0.29) is 0 Å². The molecule has 0 radical (unpaired) electrons. The molecule has 0 saturated carbocycles. The van der Waals surface area contributed by atoms with E-state index in [0.29, 0.717) is 6.04 Å². The van der Waals surface area contributed by atoms with Crippen molar-refractivity contribution in [3.63, 3.8) is 0 Å². The fraction of sp³-hybridized carbons (Fsp3) is 0.368. The molecule has 2 aromatic rings. The van der Waals surface area contributed by atoms with Gasteiger partial charge < -0.3 is 10.1 Å². The molecule has 1 N–H and O–H groups in total. The van der Waals surface area contributed by atoms with Crippen LogP contribution in [0.4, 0.5) is 0 Å². The summed E-state index contributed by atoms with van der Waals surface area (Å²) in [4.78, 5) is 0. The standard InChI is InChI=1S/C19H25NO/c1-4-20-18(13-16-7-5-15(2)6-8-16)14-17-9-11-19(21-3)12-10-17/h5-12,18,20H,4,13-14H2,1-3H3. The van der Waals surface area contributed by atoms with E-state index in [9.17, 15) is 0 Å². The summed E-state index contributed by atoms with van der Waals surface area (Å²) in [6.07, 6.45) is 2.09. The van der Waals surface area contributed by atoms with Crippen molar-refractivity contribution in [2.45, 2.75) is 32.7 Å². The molecule has 0 spiro atoms. The number of rotatable bonds is 7. The average Bonchev–Trinajstić information content (AvgIpc) is 2.50. The lowest BCUT2D eigenvalue weighted by atomic mass is 9.98. The van der Waals surface area contributed by atoms with E-state index in [4.69, 9.17) is 4.74 Å².